The standard InChI is InChI=1S/C19H13F2N3O2S/c1-10-6-12(17-13(7-10)24-16(9-22-17)26-19(20)21)18-23-8-15(27-18)11-4-2-3-5-14(11)25/h2-9,19,25H,1H3. The van der Waals surface area contributed by atoms with E-state index in [0.29, 0.717) is 21.6 Å². The van der Waals surface area contributed by atoms with Gasteiger partial charge in [0, 0.05) is 17.3 Å². The number of aromatic hydroxyl groups is 1. The molecule has 0 saturated heterocycles. The number of aromatic nitrogens is 3. The molecular formula is C19H13F2N3O2S. The first-order valence-corrected chi connectivity index (χ1v) is 8.79. The van der Waals surface area contributed by atoms with Crippen LogP contribution in [0.4, 0.5) is 8.78 Å². The molecule has 0 saturated carbocycles. The molecule has 0 aliphatic rings. The Bertz CT molecular complexity index is 1130. The summed E-state index contributed by atoms with van der Waals surface area (Å²) in [7, 11) is 0. The molecule has 8 heteroatoms. The Morgan fingerprint density at radius 1 is 1.07 bits per heavy atom. The number of phenolic OH excluding ortho intramolecular Hbond substituents is 1. The second-order valence-corrected chi connectivity index (χ2v) is 6.84. The quantitative estimate of drug-likeness (QED) is 0.533. The van der Waals surface area contributed by atoms with Gasteiger partial charge in [-0.1, -0.05) is 12.1 Å². The first kappa shape index (κ1) is 17.3. The summed E-state index contributed by atoms with van der Waals surface area (Å²) in [6.07, 6.45) is 2.86. The van der Waals surface area contributed by atoms with Crippen molar-refractivity contribution in [1.82, 2.24) is 15.0 Å². The van der Waals surface area contributed by atoms with Crippen molar-refractivity contribution >= 4 is 22.4 Å². The molecule has 5 nitrogen and oxygen atoms in total. The fourth-order valence-corrected chi connectivity index (χ4v) is 3.73. The van der Waals surface area contributed by atoms with Crippen molar-refractivity contribution in [1.29, 1.82) is 0 Å². The van der Waals surface area contributed by atoms with Gasteiger partial charge < -0.3 is 9.84 Å². The van der Waals surface area contributed by atoms with Gasteiger partial charge >= 0.3 is 6.61 Å². The predicted octanol–water partition coefficient (Wildman–Crippen LogP) is 5.04. The highest BCUT2D eigenvalue weighted by Gasteiger charge is 2.15. The summed E-state index contributed by atoms with van der Waals surface area (Å²) in [6.45, 7) is -1.08. The Balaban J connectivity index is 1.81. The van der Waals surface area contributed by atoms with E-state index in [1.165, 1.54) is 17.5 Å². The highest BCUT2D eigenvalue weighted by atomic mass is 32.1. The molecule has 2 heterocycles. The Labute approximate surface area is 156 Å². The summed E-state index contributed by atoms with van der Waals surface area (Å²) in [4.78, 5) is 13.6. The molecule has 0 unspecified atom stereocenters. The largest absolute Gasteiger partial charge is 0.507 e. The lowest BCUT2D eigenvalue weighted by molar-refractivity contribution is -0.0528. The molecule has 136 valence electrons. The monoisotopic (exact) mass is 385 g/mol. The minimum Gasteiger partial charge on any atom is -0.507 e. The molecule has 4 rings (SSSR count). The van der Waals surface area contributed by atoms with Crippen molar-refractivity contribution < 1.29 is 18.6 Å². The van der Waals surface area contributed by atoms with E-state index in [-0.39, 0.29) is 11.6 Å². The summed E-state index contributed by atoms with van der Waals surface area (Å²) >= 11 is 1.40. The van der Waals surface area contributed by atoms with E-state index in [4.69, 9.17) is 0 Å². The summed E-state index contributed by atoms with van der Waals surface area (Å²) in [5.74, 6) is -0.0570. The average molecular weight is 385 g/mol. The molecule has 0 radical (unpaired) electrons. The zero-order chi connectivity index (χ0) is 19.0. The molecule has 1 N–H and O–H groups in total. The van der Waals surface area contributed by atoms with Gasteiger partial charge in [-0.3, -0.25) is 0 Å². The van der Waals surface area contributed by atoms with Gasteiger partial charge in [-0.05, 0) is 36.8 Å². The van der Waals surface area contributed by atoms with E-state index in [0.717, 1.165) is 16.0 Å². The Hall–Kier alpha value is -3.13. The van der Waals surface area contributed by atoms with Crippen LogP contribution in [0.1, 0.15) is 5.56 Å². The van der Waals surface area contributed by atoms with Gasteiger partial charge in [0.25, 0.3) is 0 Å². The van der Waals surface area contributed by atoms with Crippen molar-refractivity contribution in [3.05, 3.63) is 54.4 Å². The maximum absolute atomic E-state index is 12.4. The number of thiazole rings is 1. The van der Waals surface area contributed by atoms with Crippen LogP contribution in [-0.2, 0) is 0 Å². The Morgan fingerprint density at radius 3 is 2.67 bits per heavy atom. The second kappa shape index (κ2) is 6.88. The van der Waals surface area contributed by atoms with Crippen molar-refractivity contribution in [2.75, 3.05) is 0 Å². The molecule has 0 fully saturated rings. The maximum Gasteiger partial charge on any atom is 0.388 e. The SMILES string of the molecule is Cc1cc(-c2ncc(-c3ccccc3O)s2)c2ncc(OC(F)F)nc2c1. The third kappa shape index (κ3) is 3.43. The number of benzene rings is 2. The van der Waals surface area contributed by atoms with Gasteiger partial charge in [0.1, 0.15) is 10.8 Å². The third-order valence-corrected chi connectivity index (χ3v) is 4.95. The van der Waals surface area contributed by atoms with E-state index in [9.17, 15) is 13.9 Å². The molecule has 0 spiro atoms. The van der Waals surface area contributed by atoms with Crippen LogP contribution < -0.4 is 4.74 Å². The van der Waals surface area contributed by atoms with Crippen LogP contribution in [0.15, 0.2) is 48.8 Å². The van der Waals surface area contributed by atoms with Gasteiger partial charge in [-0.15, -0.1) is 11.3 Å². The summed E-state index contributed by atoms with van der Waals surface area (Å²) in [5, 5.41) is 10.7. The second-order valence-electron chi connectivity index (χ2n) is 5.81. The number of nitrogens with zero attached hydrogens (tertiary/aromatic N) is 3. The smallest absolute Gasteiger partial charge is 0.388 e. The highest BCUT2D eigenvalue weighted by molar-refractivity contribution is 7.18. The summed E-state index contributed by atoms with van der Waals surface area (Å²) in [5.41, 5.74) is 3.31. The van der Waals surface area contributed by atoms with Crippen molar-refractivity contribution in [2.24, 2.45) is 0 Å². The molecule has 2 aromatic carbocycles. The minimum atomic E-state index is -2.96. The Morgan fingerprint density at radius 2 is 1.89 bits per heavy atom. The summed E-state index contributed by atoms with van der Waals surface area (Å²) in [6, 6.07) is 10.7. The van der Waals surface area contributed by atoms with Crippen molar-refractivity contribution in [3.63, 3.8) is 0 Å². The molecular weight excluding hydrogens is 372 g/mol. The molecule has 0 amide bonds. The van der Waals surface area contributed by atoms with Crippen molar-refractivity contribution in [3.8, 4) is 32.6 Å². The number of halogens is 2. The average Bonchev–Trinajstić information content (AvgIpc) is 3.10. The van der Waals surface area contributed by atoms with Gasteiger partial charge in [-0.25, -0.2) is 15.0 Å². The Kier molecular flexibility index (Phi) is 4.41. The maximum atomic E-state index is 12.4. The molecule has 27 heavy (non-hydrogen) atoms. The van der Waals surface area contributed by atoms with Crippen LogP contribution >= 0.6 is 11.3 Å². The van der Waals surface area contributed by atoms with Crippen LogP contribution in [0, 0.1) is 6.92 Å². The highest BCUT2D eigenvalue weighted by Crippen LogP contribution is 2.38. The topological polar surface area (TPSA) is 68.1 Å². The number of hydrogen-bond donors (Lipinski definition) is 1. The van der Waals surface area contributed by atoms with Crippen LogP contribution in [-0.4, -0.2) is 26.7 Å². The number of alkyl halides is 2. The number of fused-ring (bicyclic) bond motifs is 1. The number of para-hydroxylation sites is 1. The zero-order valence-corrected chi connectivity index (χ0v) is 14.9. The molecule has 0 atom stereocenters. The number of rotatable bonds is 4. The third-order valence-electron chi connectivity index (χ3n) is 3.88. The van der Waals surface area contributed by atoms with Crippen LogP contribution in [0.25, 0.3) is 32.0 Å². The van der Waals surface area contributed by atoms with E-state index in [1.54, 1.807) is 24.4 Å². The lowest BCUT2D eigenvalue weighted by Gasteiger charge is -2.07. The van der Waals surface area contributed by atoms with Gasteiger partial charge in [0.05, 0.1) is 22.1 Å². The van der Waals surface area contributed by atoms with E-state index >= 15 is 0 Å². The van der Waals surface area contributed by atoms with E-state index < -0.39 is 6.61 Å². The lowest BCUT2D eigenvalue weighted by Crippen LogP contribution is -2.04. The van der Waals surface area contributed by atoms with Crippen LogP contribution in [0.5, 0.6) is 11.6 Å². The summed E-state index contributed by atoms with van der Waals surface area (Å²) < 4.78 is 29.2. The van der Waals surface area contributed by atoms with Gasteiger partial charge in [-0.2, -0.15) is 8.78 Å². The number of aryl methyl sites for hydroxylation is 1. The molecule has 0 aliphatic heterocycles. The molecule has 2 aromatic heterocycles. The number of ether oxygens (including phenoxy) is 1. The number of phenols is 1. The van der Waals surface area contributed by atoms with Gasteiger partial charge in [0.15, 0.2) is 0 Å². The zero-order valence-electron chi connectivity index (χ0n) is 14.1. The predicted molar refractivity (Wildman–Crippen MR) is 99.1 cm³/mol. The normalized spacial score (nSPS) is 11.3. The first-order chi connectivity index (χ1) is 13.0. The number of hydrogen-bond acceptors (Lipinski definition) is 6. The minimum absolute atomic E-state index is 0.176. The van der Waals surface area contributed by atoms with Gasteiger partial charge in [0.2, 0.25) is 5.88 Å². The van der Waals surface area contributed by atoms with Crippen LogP contribution in [0.2, 0.25) is 0 Å². The fourth-order valence-electron chi connectivity index (χ4n) is 2.76. The first-order valence-electron chi connectivity index (χ1n) is 7.98. The lowest BCUT2D eigenvalue weighted by atomic mass is 10.1. The molecule has 0 aliphatic carbocycles. The molecule has 4 aromatic rings. The molecule has 0 bridgehead atoms. The van der Waals surface area contributed by atoms with Crippen molar-refractivity contribution in [2.45, 2.75) is 13.5 Å². The van der Waals surface area contributed by atoms with Crippen LogP contribution in [0.3, 0.4) is 0 Å². The van der Waals surface area contributed by atoms with E-state index in [2.05, 4.69) is 19.7 Å². The fraction of sp³-hybridized carbons (Fsp3) is 0.105. The van der Waals surface area contributed by atoms with E-state index in [1.807, 2.05) is 25.1 Å².